The maximum atomic E-state index is 13.5. The van der Waals surface area contributed by atoms with Gasteiger partial charge in [0.15, 0.2) is 5.82 Å². The van der Waals surface area contributed by atoms with E-state index in [1.807, 2.05) is 6.92 Å². The Balaban J connectivity index is 2.77. The predicted octanol–water partition coefficient (Wildman–Crippen LogP) is 5.29. The van der Waals surface area contributed by atoms with E-state index in [1.54, 1.807) is 6.07 Å². The minimum Gasteiger partial charge on any atom is -0.253 e. The van der Waals surface area contributed by atoms with Gasteiger partial charge in [-0.15, -0.1) is 0 Å². The maximum absolute atomic E-state index is 13.5. The van der Waals surface area contributed by atoms with Crippen LogP contribution in [0.15, 0.2) is 12.1 Å². The fourth-order valence-electron chi connectivity index (χ4n) is 1.69. The van der Waals surface area contributed by atoms with Crippen molar-refractivity contribution in [1.82, 2.24) is 4.98 Å². The van der Waals surface area contributed by atoms with E-state index in [1.165, 1.54) is 6.07 Å². The summed E-state index contributed by atoms with van der Waals surface area (Å²) in [5, 5.41) is 0.696. The molecule has 0 fully saturated rings. The Morgan fingerprint density at radius 3 is 2.53 bits per heavy atom. The minimum atomic E-state index is -0.659. The number of fused-ring (bicyclic) bond motifs is 1. The molecule has 1 aromatic carbocycles. The van der Waals surface area contributed by atoms with Gasteiger partial charge in [-0.05, 0) is 18.6 Å². The zero-order valence-corrected chi connectivity index (χ0v) is 11.3. The molecule has 1 nitrogen and oxygen atoms in total. The number of aryl methyl sites for hydroxylation is 1. The molecule has 2 rings (SSSR count). The molecular weight excluding hydrogens is 283 g/mol. The van der Waals surface area contributed by atoms with Gasteiger partial charge in [-0.3, -0.25) is 4.98 Å². The minimum absolute atomic E-state index is 0.0419. The van der Waals surface area contributed by atoms with E-state index in [4.69, 9.17) is 34.8 Å². The molecule has 0 amide bonds. The summed E-state index contributed by atoms with van der Waals surface area (Å²) in [4.78, 5) is 4.37. The highest BCUT2D eigenvalue weighted by Crippen LogP contribution is 2.35. The molecule has 0 radical (unpaired) electrons. The quantitative estimate of drug-likeness (QED) is 0.686. The van der Waals surface area contributed by atoms with Crippen molar-refractivity contribution in [2.24, 2.45) is 0 Å². The van der Waals surface area contributed by atoms with Crippen LogP contribution in [0.4, 0.5) is 4.39 Å². The van der Waals surface area contributed by atoms with Crippen molar-refractivity contribution >= 4 is 45.7 Å². The SMILES string of the molecule is CCCc1cc(Cl)c2c(Cl)c(F)c(Cl)cc2n1. The van der Waals surface area contributed by atoms with E-state index >= 15 is 0 Å². The van der Waals surface area contributed by atoms with Crippen LogP contribution in [0.1, 0.15) is 19.0 Å². The third kappa shape index (κ3) is 2.35. The fourth-order valence-corrected chi connectivity index (χ4v) is 2.60. The summed E-state index contributed by atoms with van der Waals surface area (Å²) in [5.41, 5.74) is 1.38. The van der Waals surface area contributed by atoms with Crippen LogP contribution in [0.5, 0.6) is 0 Å². The van der Waals surface area contributed by atoms with E-state index in [0.717, 1.165) is 18.5 Å². The van der Waals surface area contributed by atoms with Crippen molar-refractivity contribution in [3.05, 3.63) is 38.7 Å². The van der Waals surface area contributed by atoms with E-state index < -0.39 is 5.82 Å². The summed E-state index contributed by atoms with van der Waals surface area (Å²) in [6.07, 6.45) is 1.76. The molecule has 2 aromatic rings. The van der Waals surface area contributed by atoms with Gasteiger partial charge in [-0.1, -0.05) is 48.1 Å². The number of hydrogen-bond donors (Lipinski definition) is 0. The number of rotatable bonds is 2. The lowest BCUT2D eigenvalue weighted by Gasteiger charge is -2.08. The lowest BCUT2D eigenvalue weighted by atomic mass is 10.1. The third-order valence-electron chi connectivity index (χ3n) is 2.44. The Bertz CT molecular complexity index is 584. The highest BCUT2D eigenvalue weighted by Gasteiger charge is 2.14. The molecule has 5 heteroatoms. The molecule has 0 N–H and O–H groups in total. The summed E-state index contributed by atoms with van der Waals surface area (Å²) >= 11 is 17.7. The van der Waals surface area contributed by atoms with E-state index in [-0.39, 0.29) is 10.0 Å². The van der Waals surface area contributed by atoms with Gasteiger partial charge < -0.3 is 0 Å². The Labute approximate surface area is 114 Å². The molecular formula is C12H9Cl3FN. The van der Waals surface area contributed by atoms with Gasteiger partial charge in [-0.2, -0.15) is 0 Å². The number of halogens is 4. The predicted molar refractivity (Wildman–Crippen MR) is 70.7 cm³/mol. The van der Waals surface area contributed by atoms with Gasteiger partial charge >= 0.3 is 0 Å². The Morgan fingerprint density at radius 2 is 1.88 bits per heavy atom. The first-order valence-corrected chi connectivity index (χ1v) is 6.30. The number of hydrogen-bond acceptors (Lipinski definition) is 1. The number of pyridine rings is 1. The van der Waals surface area contributed by atoms with Gasteiger partial charge in [0, 0.05) is 11.1 Å². The van der Waals surface area contributed by atoms with Crippen LogP contribution in [-0.4, -0.2) is 4.98 Å². The first kappa shape index (κ1) is 12.9. The molecule has 0 unspecified atom stereocenters. The summed E-state index contributed by atoms with van der Waals surface area (Å²) in [6.45, 7) is 2.05. The highest BCUT2D eigenvalue weighted by atomic mass is 35.5. The van der Waals surface area contributed by atoms with Crippen LogP contribution in [0.3, 0.4) is 0 Å². The van der Waals surface area contributed by atoms with Crippen molar-refractivity contribution in [2.45, 2.75) is 19.8 Å². The molecule has 17 heavy (non-hydrogen) atoms. The smallest absolute Gasteiger partial charge is 0.161 e. The van der Waals surface area contributed by atoms with Gasteiger partial charge in [0.2, 0.25) is 0 Å². The average Bonchev–Trinajstić information content (AvgIpc) is 2.25. The summed E-state index contributed by atoms with van der Waals surface area (Å²) in [5.74, 6) is -0.659. The second kappa shape index (κ2) is 4.97. The molecule has 0 aliphatic heterocycles. The largest absolute Gasteiger partial charge is 0.253 e. The van der Waals surface area contributed by atoms with Gasteiger partial charge in [0.25, 0.3) is 0 Å². The molecule has 1 heterocycles. The third-order valence-corrected chi connectivity index (χ3v) is 3.37. The Kier molecular flexibility index (Phi) is 3.76. The summed E-state index contributed by atoms with van der Waals surface area (Å²) in [7, 11) is 0. The Hall–Kier alpha value is -0.570. The lowest BCUT2D eigenvalue weighted by Crippen LogP contribution is -1.93. The maximum Gasteiger partial charge on any atom is 0.161 e. The van der Waals surface area contributed by atoms with Gasteiger partial charge in [0.1, 0.15) is 0 Å². The average molecular weight is 293 g/mol. The highest BCUT2D eigenvalue weighted by molar-refractivity contribution is 6.43. The van der Waals surface area contributed by atoms with Crippen molar-refractivity contribution in [2.75, 3.05) is 0 Å². The van der Waals surface area contributed by atoms with Gasteiger partial charge in [0.05, 0.1) is 20.6 Å². The second-order valence-electron chi connectivity index (χ2n) is 3.73. The monoisotopic (exact) mass is 291 g/mol. The Morgan fingerprint density at radius 1 is 1.18 bits per heavy atom. The van der Waals surface area contributed by atoms with Crippen molar-refractivity contribution in [3.63, 3.8) is 0 Å². The van der Waals surface area contributed by atoms with Gasteiger partial charge in [-0.25, -0.2) is 4.39 Å². The molecule has 0 aliphatic carbocycles. The molecule has 90 valence electrons. The molecule has 0 spiro atoms. The first-order chi connectivity index (χ1) is 8.04. The summed E-state index contributed by atoms with van der Waals surface area (Å²) in [6, 6.07) is 3.16. The fraction of sp³-hybridized carbons (Fsp3) is 0.250. The summed E-state index contributed by atoms with van der Waals surface area (Å²) < 4.78 is 13.5. The molecule has 0 atom stereocenters. The van der Waals surface area contributed by atoms with Crippen molar-refractivity contribution in [3.8, 4) is 0 Å². The molecule has 1 aromatic heterocycles. The van der Waals surface area contributed by atoms with E-state index in [2.05, 4.69) is 4.98 Å². The standard InChI is InChI=1S/C12H9Cl3FN/c1-2-3-6-4-7(13)10-9(17-6)5-8(14)12(16)11(10)15/h4-5H,2-3H2,1H3. The van der Waals surface area contributed by atoms with Crippen molar-refractivity contribution < 1.29 is 4.39 Å². The van der Waals surface area contributed by atoms with E-state index in [9.17, 15) is 4.39 Å². The van der Waals surface area contributed by atoms with Crippen LogP contribution in [-0.2, 0) is 6.42 Å². The topological polar surface area (TPSA) is 12.9 Å². The first-order valence-electron chi connectivity index (χ1n) is 5.17. The van der Waals surface area contributed by atoms with E-state index in [0.29, 0.717) is 15.9 Å². The lowest BCUT2D eigenvalue weighted by molar-refractivity contribution is 0.630. The molecule has 0 saturated carbocycles. The van der Waals surface area contributed by atoms with Crippen LogP contribution < -0.4 is 0 Å². The van der Waals surface area contributed by atoms with Crippen molar-refractivity contribution in [1.29, 1.82) is 0 Å². The number of benzene rings is 1. The van der Waals surface area contributed by atoms with Crippen LogP contribution in [0.25, 0.3) is 10.9 Å². The molecule has 0 bridgehead atoms. The second-order valence-corrected chi connectivity index (χ2v) is 4.92. The zero-order chi connectivity index (χ0) is 12.6. The zero-order valence-electron chi connectivity index (χ0n) is 9.03. The molecule has 0 saturated heterocycles. The number of nitrogens with zero attached hydrogens (tertiary/aromatic N) is 1. The van der Waals surface area contributed by atoms with Crippen LogP contribution in [0, 0.1) is 5.82 Å². The normalized spacial score (nSPS) is 11.1. The number of aromatic nitrogens is 1. The van der Waals surface area contributed by atoms with Crippen LogP contribution >= 0.6 is 34.8 Å². The van der Waals surface area contributed by atoms with Crippen LogP contribution in [0.2, 0.25) is 15.1 Å². The molecule has 0 aliphatic rings.